The molecular weight excluding hydrogens is 452 g/mol. The first-order chi connectivity index (χ1) is 16.7. The molecule has 35 heavy (non-hydrogen) atoms. The van der Waals surface area contributed by atoms with Crippen LogP contribution in [0, 0.1) is 24.0 Å². The second-order valence-electron chi connectivity index (χ2n) is 7.60. The number of non-ortho nitro benzene ring substituents is 1. The Bertz CT molecular complexity index is 1330. The van der Waals surface area contributed by atoms with Gasteiger partial charge in [-0.25, -0.2) is 10.2 Å². The second kappa shape index (κ2) is 10.8. The molecule has 2 N–H and O–H groups in total. The predicted octanol–water partition coefficient (Wildman–Crippen LogP) is 3.91. The van der Waals surface area contributed by atoms with Gasteiger partial charge >= 0.3 is 17.8 Å². The van der Waals surface area contributed by atoms with Crippen molar-refractivity contribution >= 4 is 34.9 Å². The van der Waals surface area contributed by atoms with E-state index in [-0.39, 0.29) is 22.7 Å². The van der Waals surface area contributed by atoms with Crippen LogP contribution in [0.25, 0.3) is 0 Å². The van der Waals surface area contributed by atoms with Gasteiger partial charge in [0, 0.05) is 23.4 Å². The number of hydrogen-bond donors (Lipinski definition) is 2. The van der Waals surface area contributed by atoms with E-state index < -0.39 is 22.7 Å². The van der Waals surface area contributed by atoms with Gasteiger partial charge in [-0.1, -0.05) is 29.8 Å². The lowest BCUT2D eigenvalue weighted by Crippen LogP contribution is -2.33. The van der Waals surface area contributed by atoms with Gasteiger partial charge in [0.1, 0.15) is 5.75 Å². The number of nitrogens with one attached hydrogen (secondary N) is 2. The zero-order valence-corrected chi connectivity index (χ0v) is 19.2. The van der Waals surface area contributed by atoms with Crippen molar-refractivity contribution in [1.29, 1.82) is 0 Å². The molecule has 0 atom stereocenters. The summed E-state index contributed by atoms with van der Waals surface area (Å²) in [5, 5.41) is 17.3. The topological polar surface area (TPSA) is 140 Å². The standard InChI is InChI=1S/C25H22N4O6/c1-15-8-13-21(16(2)14-15)26-23(30)24(31)28-27-17(3)20-6-4-5-7-22(20)35-25(32)18-9-11-19(12-10-18)29(33)34/h4-14H,1-3H3,(H,26,30)(H,28,31)/b27-17+. The number of nitrogens with zero attached hydrogens (tertiary/aromatic N) is 2. The number of nitro benzene ring substituents is 1. The highest BCUT2D eigenvalue weighted by Crippen LogP contribution is 2.21. The number of aryl methyl sites for hydroxylation is 2. The fourth-order valence-corrected chi connectivity index (χ4v) is 3.11. The molecule has 0 radical (unpaired) electrons. The Morgan fingerprint density at radius 1 is 0.943 bits per heavy atom. The monoisotopic (exact) mass is 474 g/mol. The van der Waals surface area contributed by atoms with Gasteiger partial charge in [-0.3, -0.25) is 19.7 Å². The normalized spacial score (nSPS) is 10.9. The van der Waals surface area contributed by atoms with Crippen molar-refractivity contribution in [3.63, 3.8) is 0 Å². The summed E-state index contributed by atoms with van der Waals surface area (Å²) in [6, 6.07) is 16.9. The van der Waals surface area contributed by atoms with Gasteiger partial charge in [0.25, 0.3) is 5.69 Å². The minimum atomic E-state index is -0.968. The molecule has 3 aromatic rings. The summed E-state index contributed by atoms with van der Waals surface area (Å²) in [5.74, 6) is -2.42. The average molecular weight is 474 g/mol. The number of amides is 2. The van der Waals surface area contributed by atoms with Gasteiger partial charge in [0.2, 0.25) is 0 Å². The van der Waals surface area contributed by atoms with Gasteiger partial charge in [-0.05, 0) is 56.7 Å². The van der Waals surface area contributed by atoms with Crippen molar-refractivity contribution in [3.05, 3.63) is 99.1 Å². The molecule has 0 aliphatic rings. The first-order valence-corrected chi connectivity index (χ1v) is 10.4. The van der Waals surface area contributed by atoms with E-state index in [1.54, 1.807) is 31.2 Å². The number of esters is 1. The number of ether oxygens (including phenoxy) is 1. The molecule has 0 aliphatic heterocycles. The van der Waals surface area contributed by atoms with Gasteiger partial charge in [-0.15, -0.1) is 0 Å². The lowest BCUT2D eigenvalue weighted by Gasteiger charge is -2.10. The molecule has 10 heteroatoms. The van der Waals surface area contributed by atoms with Crippen LogP contribution in [0.2, 0.25) is 0 Å². The van der Waals surface area contributed by atoms with Gasteiger partial charge in [0.15, 0.2) is 0 Å². The highest BCUT2D eigenvalue weighted by Gasteiger charge is 2.17. The number of hydrogen-bond acceptors (Lipinski definition) is 7. The summed E-state index contributed by atoms with van der Waals surface area (Å²) in [6.07, 6.45) is 0. The van der Waals surface area contributed by atoms with E-state index in [0.29, 0.717) is 11.3 Å². The van der Waals surface area contributed by atoms with Crippen molar-refractivity contribution in [2.45, 2.75) is 20.8 Å². The summed E-state index contributed by atoms with van der Waals surface area (Å²) in [4.78, 5) is 47.2. The number of hydrazone groups is 1. The number of nitro groups is 1. The molecule has 0 unspecified atom stereocenters. The highest BCUT2D eigenvalue weighted by molar-refractivity contribution is 6.39. The van der Waals surface area contributed by atoms with Gasteiger partial charge in [0.05, 0.1) is 16.2 Å². The minimum absolute atomic E-state index is 0.122. The molecule has 0 aromatic heterocycles. The summed E-state index contributed by atoms with van der Waals surface area (Å²) in [7, 11) is 0. The average Bonchev–Trinajstić information content (AvgIpc) is 2.84. The number of carbonyl (C=O) groups is 3. The largest absolute Gasteiger partial charge is 0.422 e. The quantitative estimate of drug-likeness (QED) is 0.139. The van der Waals surface area contributed by atoms with Crippen LogP contribution in [0.3, 0.4) is 0 Å². The van der Waals surface area contributed by atoms with E-state index >= 15 is 0 Å². The summed E-state index contributed by atoms with van der Waals surface area (Å²) < 4.78 is 5.43. The van der Waals surface area contributed by atoms with E-state index in [4.69, 9.17) is 4.74 Å². The highest BCUT2D eigenvalue weighted by atomic mass is 16.6. The number of rotatable bonds is 6. The third-order valence-corrected chi connectivity index (χ3v) is 4.95. The fraction of sp³-hybridized carbons (Fsp3) is 0.120. The van der Waals surface area contributed by atoms with Crippen molar-refractivity contribution in [2.75, 3.05) is 5.32 Å². The SMILES string of the molecule is C/C(=N\NC(=O)C(=O)Nc1ccc(C)cc1C)c1ccccc1OC(=O)c1ccc([N+](=O)[O-])cc1. The number of carbonyl (C=O) groups excluding carboxylic acids is 3. The summed E-state index contributed by atoms with van der Waals surface area (Å²) >= 11 is 0. The Morgan fingerprint density at radius 2 is 1.63 bits per heavy atom. The minimum Gasteiger partial charge on any atom is -0.422 e. The third-order valence-electron chi connectivity index (χ3n) is 4.95. The van der Waals surface area contributed by atoms with Crippen molar-refractivity contribution in [3.8, 4) is 5.75 Å². The van der Waals surface area contributed by atoms with Crippen LogP contribution < -0.4 is 15.5 Å². The van der Waals surface area contributed by atoms with Gasteiger partial charge in [-0.2, -0.15) is 5.10 Å². The molecule has 3 aromatic carbocycles. The lowest BCUT2D eigenvalue weighted by molar-refractivity contribution is -0.384. The maximum atomic E-state index is 12.5. The Morgan fingerprint density at radius 3 is 2.29 bits per heavy atom. The van der Waals surface area contributed by atoms with Crippen molar-refractivity contribution < 1.29 is 24.0 Å². The smallest absolute Gasteiger partial charge is 0.343 e. The van der Waals surface area contributed by atoms with Crippen molar-refractivity contribution in [2.24, 2.45) is 5.10 Å². The van der Waals surface area contributed by atoms with Crippen LogP contribution in [0.15, 0.2) is 71.8 Å². The Hall–Kier alpha value is -4.86. The summed E-state index contributed by atoms with van der Waals surface area (Å²) in [5.41, 5.74) is 5.20. The zero-order valence-electron chi connectivity index (χ0n) is 19.2. The van der Waals surface area contributed by atoms with Crippen LogP contribution in [0.4, 0.5) is 11.4 Å². The molecule has 0 saturated carbocycles. The van der Waals surface area contributed by atoms with Crippen LogP contribution in [0.5, 0.6) is 5.75 Å². The molecule has 3 rings (SSSR count). The van der Waals surface area contributed by atoms with Crippen LogP contribution in [0.1, 0.15) is 34.0 Å². The molecule has 10 nitrogen and oxygen atoms in total. The van der Waals surface area contributed by atoms with Crippen molar-refractivity contribution in [1.82, 2.24) is 5.43 Å². The Balaban J connectivity index is 1.69. The fourth-order valence-electron chi connectivity index (χ4n) is 3.11. The Kier molecular flexibility index (Phi) is 7.67. The maximum absolute atomic E-state index is 12.5. The molecule has 0 fully saturated rings. The second-order valence-corrected chi connectivity index (χ2v) is 7.60. The molecule has 2 amide bonds. The number of benzene rings is 3. The molecule has 178 valence electrons. The van der Waals surface area contributed by atoms with E-state index in [1.165, 1.54) is 30.3 Å². The molecule has 0 saturated heterocycles. The predicted molar refractivity (Wildman–Crippen MR) is 129 cm³/mol. The zero-order chi connectivity index (χ0) is 25.5. The third kappa shape index (κ3) is 6.35. The van der Waals surface area contributed by atoms with E-state index in [1.807, 2.05) is 26.0 Å². The lowest BCUT2D eigenvalue weighted by atomic mass is 10.1. The number of anilines is 1. The van der Waals surface area contributed by atoms with Crippen LogP contribution in [-0.4, -0.2) is 28.4 Å². The number of para-hydroxylation sites is 1. The van der Waals surface area contributed by atoms with E-state index in [9.17, 15) is 24.5 Å². The Labute approximate surface area is 200 Å². The van der Waals surface area contributed by atoms with Gasteiger partial charge < -0.3 is 10.1 Å². The van der Waals surface area contributed by atoms with E-state index in [2.05, 4.69) is 15.8 Å². The molecule has 0 heterocycles. The molecular formula is C25H22N4O6. The summed E-state index contributed by atoms with van der Waals surface area (Å²) in [6.45, 7) is 5.31. The maximum Gasteiger partial charge on any atom is 0.343 e. The molecule has 0 spiro atoms. The molecule has 0 bridgehead atoms. The van der Waals surface area contributed by atoms with Crippen LogP contribution in [-0.2, 0) is 9.59 Å². The molecule has 0 aliphatic carbocycles. The van der Waals surface area contributed by atoms with Crippen LogP contribution >= 0.6 is 0 Å². The first kappa shape index (κ1) is 24.8. The van der Waals surface area contributed by atoms with E-state index in [0.717, 1.165) is 11.1 Å². The first-order valence-electron chi connectivity index (χ1n) is 10.4.